The van der Waals surface area contributed by atoms with Crippen molar-refractivity contribution in [3.63, 3.8) is 0 Å². The molecule has 0 fully saturated rings. The summed E-state index contributed by atoms with van der Waals surface area (Å²) in [5.41, 5.74) is 4.33. The van der Waals surface area contributed by atoms with Crippen LogP contribution in [0.5, 0.6) is 0 Å². The zero-order valence-electron chi connectivity index (χ0n) is 17.4. The second-order valence-corrected chi connectivity index (χ2v) is 8.15. The number of nitrogens with zero attached hydrogens (tertiary/aromatic N) is 5. The van der Waals surface area contributed by atoms with Gasteiger partial charge in [-0.3, -0.25) is 4.79 Å². The van der Waals surface area contributed by atoms with E-state index in [2.05, 4.69) is 53.4 Å². The molecule has 0 unspecified atom stereocenters. The Morgan fingerprint density at radius 3 is 2.41 bits per heavy atom. The molecule has 0 bridgehead atoms. The van der Waals surface area contributed by atoms with Gasteiger partial charge in [0.05, 0.1) is 11.4 Å². The molecule has 29 heavy (non-hydrogen) atoms. The fourth-order valence-electron chi connectivity index (χ4n) is 3.07. The highest BCUT2D eigenvalue weighted by molar-refractivity contribution is 7.99. The zero-order chi connectivity index (χ0) is 20.8. The lowest BCUT2D eigenvalue weighted by molar-refractivity contribution is -0.129. The van der Waals surface area contributed by atoms with Crippen LogP contribution in [0.4, 0.5) is 0 Å². The van der Waals surface area contributed by atoms with Crippen molar-refractivity contribution in [2.24, 2.45) is 0 Å². The number of hydrogen-bond acceptors (Lipinski definition) is 5. The van der Waals surface area contributed by atoms with E-state index in [0.717, 1.165) is 34.9 Å². The number of aromatic nitrogens is 4. The third-order valence-corrected chi connectivity index (χ3v) is 5.44. The fourth-order valence-corrected chi connectivity index (χ4v) is 3.78. The van der Waals surface area contributed by atoms with Gasteiger partial charge in [0.2, 0.25) is 5.91 Å². The van der Waals surface area contributed by atoms with E-state index in [1.54, 1.807) is 4.68 Å². The van der Waals surface area contributed by atoms with Crippen LogP contribution in [-0.2, 0) is 11.3 Å². The van der Waals surface area contributed by atoms with Gasteiger partial charge >= 0.3 is 0 Å². The minimum Gasteiger partial charge on any atom is -0.338 e. The van der Waals surface area contributed by atoms with Crippen LogP contribution < -0.4 is 0 Å². The molecular formula is C22H27N5OS. The summed E-state index contributed by atoms with van der Waals surface area (Å²) in [5, 5.41) is 13.7. The molecule has 0 N–H and O–H groups in total. The first kappa shape index (κ1) is 21.0. The van der Waals surface area contributed by atoms with Gasteiger partial charge in [-0.15, -0.1) is 10.2 Å². The van der Waals surface area contributed by atoms with Crippen molar-refractivity contribution >= 4 is 17.7 Å². The molecule has 6 nitrogen and oxygen atoms in total. The number of carbonyl (C=O) groups excluding carboxylic acids is 1. The van der Waals surface area contributed by atoms with E-state index in [9.17, 15) is 4.79 Å². The van der Waals surface area contributed by atoms with Crippen LogP contribution in [0, 0.1) is 20.8 Å². The molecule has 0 aliphatic carbocycles. The summed E-state index contributed by atoms with van der Waals surface area (Å²) in [7, 11) is 0. The number of rotatable bonds is 8. The molecule has 3 aromatic rings. The zero-order valence-corrected chi connectivity index (χ0v) is 18.2. The van der Waals surface area contributed by atoms with Gasteiger partial charge in [-0.1, -0.05) is 48.5 Å². The Hall–Kier alpha value is -2.67. The van der Waals surface area contributed by atoms with Gasteiger partial charge in [-0.05, 0) is 51.0 Å². The minimum absolute atomic E-state index is 0.113. The summed E-state index contributed by atoms with van der Waals surface area (Å²) >= 11 is 1.41. The molecular weight excluding hydrogens is 382 g/mol. The van der Waals surface area contributed by atoms with Gasteiger partial charge in [0, 0.05) is 18.8 Å². The van der Waals surface area contributed by atoms with E-state index in [0.29, 0.717) is 18.1 Å². The SMILES string of the molecule is CCCN(Cc1ccc(C)cc1)C(=O)CSc1ccc(-n2nc(C)cc2C)nn1. The average molecular weight is 410 g/mol. The van der Waals surface area contributed by atoms with Crippen molar-refractivity contribution in [3.8, 4) is 5.82 Å². The molecule has 1 aromatic carbocycles. The second-order valence-electron chi connectivity index (χ2n) is 7.16. The molecule has 0 spiro atoms. The molecule has 1 amide bonds. The first-order chi connectivity index (χ1) is 14.0. The van der Waals surface area contributed by atoms with Crippen molar-refractivity contribution in [2.75, 3.05) is 12.3 Å². The Bertz CT molecular complexity index is 950. The van der Waals surface area contributed by atoms with Crippen LogP contribution in [0.1, 0.15) is 35.9 Å². The maximum absolute atomic E-state index is 12.8. The van der Waals surface area contributed by atoms with Crippen molar-refractivity contribution in [3.05, 3.63) is 65.0 Å². The average Bonchev–Trinajstić information content (AvgIpc) is 3.06. The fraction of sp³-hybridized carbons (Fsp3) is 0.364. The molecule has 2 aromatic heterocycles. The summed E-state index contributed by atoms with van der Waals surface area (Å²) in [6.07, 6.45) is 0.930. The molecule has 3 rings (SSSR count). The number of amides is 1. The number of thioether (sulfide) groups is 1. The summed E-state index contributed by atoms with van der Waals surface area (Å²) in [6.45, 7) is 9.47. The summed E-state index contributed by atoms with van der Waals surface area (Å²) in [5.74, 6) is 1.14. The maximum Gasteiger partial charge on any atom is 0.233 e. The lowest BCUT2D eigenvalue weighted by Gasteiger charge is -2.22. The minimum atomic E-state index is 0.113. The molecule has 2 heterocycles. The monoisotopic (exact) mass is 409 g/mol. The molecule has 0 saturated heterocycles. The molecule has 0 aliphatic rings. The molecule has 0 atom stereocenters. The van der Waals surface area contributed by atoms with Gasteiger partial charge in [0.25, 0.3) is 0 Å². The van der Waals surface area contributed by atoms with E-state index < -0.39 is 0 Å². The van der Waals surface area contributed by atoms with Crippen molar-refractivity contribution < 1.29 is 4.79 Å². The third kappa shape index (κ3) is 5.67. The van der Waals surface area contributed by atoms with Gasteiger partial charge in [-0.2, -0.15) is 5.10 Å². The number of carbonyl (C=O) groups is 1. The van der Waals surface area contributed by atoms with Crippen LogP contribution >= 0.6 is 11.8 Å². The molecule has 0 radical (unpaired) electrons. The molecule has 7 heteroatoms. The maximum atomic E-state index is 12.8. The largest absolute Gasteiger partial charge is 0.338 e. The van der Waals surface area contributed by atoms with E-state index in [1.807, 2.05) is 36.9 Å². The quantitative estimate of drug-likeness (QED) is 0.524. The van der Waals surface area contributed by atoms with Crippen LogP contribution in [-0.4, -0.2) is 43.1 Å². The van der Waals surface area contributed by atoms with Crippen molar-refractivity contribution in [2.45, 2.75) is 45.7 Å². The number of benzene rings is 1. The van der Waals surface area contributed by atoms with Crippen molar-refractivity contribution in [1.29, 1.82) is 0 Å². The molecule has 0 saturated carbocycles. The van der Waals surface area contributed by atoms with Gasteiger partial charge in [0.15, 0.2) is 5.82 Å². The topological polar surface area (TPSA) is 63.9 Å². The van der Waals surface area contributed by atoms with Crippen LogP contribution in [0.25, 0.3) is 5.82 Å². The van der Waals surface area contributed by atoms with E-state index in [1.165, 1.54) is 17.3 Å². The first-order valence-electron chi connectivity index (χ1n) is 9.79. The highest BCUT2D eigenvalue weighted by atomic mass is 32.2. The van der Waals surface area contributed by atoms with E-state index in [4.69, 9.17) is 0 Å². The molecule has 0 aliphatic heterocycles. The van der Waals surface area contributed by atoms with Crippen LogP contribution in [0.3, 0.4) is 0 Å². The van der Waals surface area contributed by atoms with Crippen molar-refractivity contribution in [1.82, 2.24) is 24.9 Å². The summed E-state index contributed by atoms with van der Waals surface area (Å²) in [6, 6.07) is 14.1. The predicted molar refractivity (Wildman–Crippen MR) is 116 cm³/mol. The summed E-state index contributed by atoms with van der Waals surface area (Å²) < 4.78 is 1.77. The molecule has 152 valence electrons. The lowest BCUT2D eigenvalue weighted by atomic mass is 10.1. The highest BCUT2D eigenvalue weighted by Gasteiger charge is 2.14. The van der Waals surface area contributed by atoms with Gasteiger partial charge < -0.3 is 4.90 Å². The first-order valence-corrected chi connectivity index (χ1v) is 10.8. The van der Waals surface area contributed by atoms with Crippen LogP contribution in [0.2, 0.25) is 0 Å². The Morgan fingerprint density at radius 1 is 1.07 bits per heavy atom. The number of aryl methyl sites for hydroxylation is 3. The predicted octanol–water partition coefficient (Wildman–Crippen LogP) is 4.12. The van der Waals surface area contributed by atoms with Gasteiger partial charge in [0.1, 0.15) is 5.03 Å². The standard InChI is InChI=1S/C22H27N5OS/c1-5-12-26(14-19-8-6-16(2)7-9-19)22(28)15-29-21-11-10-20(23-24-21)27-18(4)13-17(3)25-27/h6-11,13H,5,12,14-15H2,1-4H3. The summed E-state index contributed by atoms with van der Waals surface area (Å²) in [4.78, 5) is 14.7. The van der Waals surface area contributed by atoms with Crippen LogP contribution in [0.15, 0.2) is 47.5 Å². The highest BCUT2D eigenvalue weighted by Crippen LogP contribution is 2.18. The van der Waals surface area contributed by atoms with E-state index in [-0.39, 0.29) is 5.91 Å². The lowest BCUT2D eigenvalue weighted by Crippen LogP contribution is -2.32. The third-order valence-electron chi connectivity index (χ3n) is 4.54. The Labute approximate surface area is 176 Å². The smallest absolute Gasteiger partial charge is 0.233 e. The second kappa shape index (κ2) is 9.69. The Balaban J connectivity index is 1.60. The van der Waals surface area contributed by atoms with Gasteiger partial charge in [-0.25, -0.2) is 4.68 Å². The Morgan fingerprint density at radius 2 is 1.83 bits per heavy atom. The van der Waals surface area contributed by atoms with E-state index >= 15 is 0 Å². The Kier molecular flexibility index (Phi) is 7.04. The normalized spacial score (nSPS) is 10.9. The number of hydrogen-bond donors (Lipinski definition) is 0.